The van der Waals surface area contributed by atoms with E-state index in [9.17, 15) is 14.4 Å². The number of urea groups is 1. The van der Waals surface area contributed by atoms with E-state index in [1.165, 1.54) is 0 Å². The lowest BCUT2D eigenvalue weighted by molar-refractivity contribution is -0.128. The van der Waals surface area contributed by atoms with Crippen LogP contribution in [-0.2, 0) is 9.59 Å². The fourth-order valence-corrected chi connectivity index (χ4v) is 0.640. The van der Waals surface area contributed by atoms with Gasteiger partial charge in [-0.1, -0.05) is 0 Å². The van der Waals surface area contributed by atoms with Crippen molar-refractivity contribution >= 4 is 30.5 Å². The molecule has 1 aliphatic heterocycles. The van der Waals surface area contributed by atoms with E-state index in [1.54, 1.807) is 0 Å². The average Bonchev–Trinajstić information content (AvgIpc) is 1.82. The molecular formula is C4H4N2O3S. The van der Waals surface area contributed by atoms with Gasteiger partial charge in [0.15, 0.2) is 5.25 Å². The van der Waals surface area contributed by atoms with Gasteiger partial charge in [0.1, 0.15) is 0 Å². The zero-order chi connectivity index (χ0) is 7.72. The van der Waals surface area contributed by atoms with Crippen LogP contribution in [-0.4, -0.2) is 23.1 Å². The molecule has 1 heterocycles. The zero-order valence-corrected chi connectivity index (χ0v) is 5.64. The van der Waals surface area contributed by atoms with E-state index in [2.05, 4.69) is 12.6 Å². The average molecular weight is 160 g/mol. The summed E-state index contributed by atoms with van der Waals surface area (Å²) in [5, 5.41) is 2.67. The molecule has 1 saturated heterocycles. The minimum absolute atomic E-state index is 0.683. The van der Waals surface area contributed by atoms with E-state index in [-0.39, 0.29) is 0 Å². The van der Waals surface area contributed by atoms with Crippen molar-refractivity contribution in [2.45, 2.75) is 5.25 Å². The van der Waals surface area contributed by atoms with E-state index in [0.29, 0.717) is 0 Å². The summed E-state index contributed by atoms with van der Waals surface area (Å²) in [6.07, 6.45) is 0. The Labute approximate surface area is 61.6 Å². The monoisotopic (exact) mass is 160 g/mol. The molecule has 1 fully saturated rings. The molecule has 0 unspecified atom stereocenters. The topological polar surface area (TPSA) is 75.3 Å². The van der Waals surface area contributed by atoms with Crippen molar-refractivity contribution in [1.82, 2.24) is 10.6 Å². The summed E-state index contributed by atoms with van der Waals surface area (Å²) in [5.74, 6) is -1.37. The van der Waals surface area contributed by atoms with E-state index >= 15 is 0 Å². The molecule has 1 rings (SSSR count). The highest BCUT2D eigenvalue weighted by atomic mass is 32.1. The van der Waals surface area contributed by atoms with Crippen LogP contribution < -0.4 is 10.6 Å². The molecule has 0 bridgehead atoms. The molecule has 0 aromatic carbocycles. The maximum Gasteiger partial charge on any atom is 0.328 e. The molecular weight excluding hydrogens is 156 g/mol. The van der Waals surface area contributed by atoms with Crippen LogP contribution in [0.25, 0.3) is 0 Å². The predicted octanol–water partition coefficient (Wildman–Crippen LogP) is -1.35. The van der Waals surface area contributed by atoms with Crippen LogP contribution in [0, 0.1) is 0 Å². The standard InChI is InChI=1S/C4H4N2O3S/c7-2-1(10)3(8)6-4(9)5-2/h1,10H,(H2,5,6,7,8,9). The summed E-state index contributed by atoms with van der Waals surface area (Å²) in [4.78, 5) is 31.4. The number of imide groups is 2. The summed E-state index contributed by atoms with van der Waals surface area (Å²) in [6.45, 7) is 0. The quantitative estimate of drug-likeness (QED) is 0.303. The number of hydrogen-bond donors (Lipinski definition) is 3. The predicted molar refractivity (Wildman–Crippen MR) is 34.5 cm³/mol. The molecule has 4 amide bonds. The van der Waals surface area contributed by atoms with Gasteiger partial charge in [-0.2, -0.15) is 12.6 Å². The van der Waals surface area contributed by atoms with Crippen molar-refractivity contribution in [3.63, 3.8) is 0 Å². The maximum atomic E-state index is 10.5. The first-order valence-corrected chi connectivity index (χ1v) is 2.96. The van der Waals surface area contributed by atoms with Gasteiger partial charge in [0.2, 0.25) is 11.8 Å². The third-order valence-corrected chi connectivity index (χ3v) is 1.44. The molecule has 6 heteroatoms. The summed E-state index contributed by atoms with van der Waals surface area (Å²) >= 11 is 3.62. The number of amides is 4. The Morgan fingerprint density at radius 1 is 1.10 bits per heavy atom. The second kappa shape index (κ2) is 2.30. The third-order valence-electron chi connectivity index (χ3n) is 0.970. The van der Waals surface area contributed by atoms with Gasteiger partial charge in [-0.05, 0) is 0 Å². The lowest BCUT2D eigenvalue weighted by atomic mass is 10.3. The van der Waals surface area contributed by atoms with Crippen molar-refractivity contribution in [3.8, 4) is 0 Å². The normalized spacial score (nSPS) is 20.3. The highest BCUT2D eigenvalue weighted by Crippen LogP contribution is 1.98. The number of carbonyl (C=O) groups excluding carboxylic acids is 3. The number of rotatable bonds is 0. The van der Waals surface area contributed by atoms with E-state index < -0.39 is 23.1 Å². The number of hydrogen-bond acceptors (Lipinski definition) is 4. The Bertz CT molecular complexity index is 195. The minimum Gasteiger partial charge on any atom is -0.276 e. The number of thiol groups is 1. The molecule has 54 valence electrons. The molecule has 0 spiro atoms. The Hall–Kier alpha value is -1.04. The third kappa shape index (κ3) is 1.10. The smallest absolute Gasteiger partial charge is 0.276 e. The lowest BCUT2D eigenvalue weighted by Crippen LogP contribution is -2.56. The number of barbiturate groups is 1. The Morgan fingerprint density at radius 2 is 1.50 bits per heavy atom. The molecule has 5 nitrogen and oxygen atoms in total. The van der Waals surface area contributed by atoms with Gasteiger partial charge in [0.05, 0.1) is 0 Å². The first-order chi connectivity index (χ1) is 4.61. The van der Waals surface area contributed by atoms with Crippen LogP contribution in [0.2, 0.25) is 0 Å². The largest absolute Gasteiger partial charge is 0.328 e. The van der Waals surface area contributed by atoms with Crippen LogP contribution in [0.1, 0.15) is 0 Å². The maximum absolute atomic E-state index is 10.5. The number of nitrogens with one attached hydrogen (secondary N) is 2. The second-order valence-electron chi connectivity index (χ2n) is 1.71. The SMILES string of the molecule is O=C1NC(=O)C(S)C(=O)N1. The van der Waals surface area contributed by atoms with Crippen LogP contribution in [0.4, 0.5) is 4.79 Å². The molecule has 0 aliphatic carbocycles. The van der Waals surface area contributed by atoms with Crippen molar-refractivity contribution in [3.05, 3.63) is 0 Å². The van der Waals surface area contributed by atoms with Crippen LogP contribution >= 0.6 is 12.6 Å². The molecule has 0 atom stereocenters. The first-order valence-electron chi connectivity index (χ1n) is 2.45. The minimum atomic E-state index is -1.07. The molecule has 0 aromatic heterocycles. The summed E-state index contributed by atoms with van der Waals surface area (Å²) < 4.78 is 0. The van der Waals surface area contributed by atoms with Gasteiger partial charge in [-0.25, -0.2) is 4.79 Å². The fraction of sp³-hybridized carbons (Fsp3) is 0.250. The highest BCUT2D eigenvalue weighted by molar-refractivity contribution is 7.82. The Morgan fingerprint density at radius 3 is 1.90 bits per heavy atom. The van der Waals surface area contributed by atoms with Crippen LogP contribution in [0.3, 0.4) is 0 Å². The van der Waals surface area contributed by atoms with E-state index in [4.69, 9.17) is 0 Å². The zero-order valence-electron chi connectivity index (χ0n) is 4.75. The molecule has 0 saturated carbocycles. The van der Waals surface area contributed by atoms with Gasteiger partial charge in [0, 0.05) is 0 Å². The van der Waals surface area contributed by atoms with Gasteiger partial charge >= 0.3 is 6.03 Å². The summed E-state index contributed by atoms with van der Waals surface area (Å²) in [6, 6.07) is -0.791. The van der Waals surface area contributed by atoms with Crippen molar-refractivity contribution < 1.29 is 14.4 Å². The summed E-state index contributed by atoms with van der Waals surface area (Å²) in [7, 11) is 0. The van der Waals surface area contributed by atoms with Crippen molar-refractivity contribution in [2.75, 3.05) is 0 Å². The molecule has 10 heavy (non-hydrogen) atoms. The van der Waals surface area contributed by atoms with E-state index in [1.807, 2.05) is 10.6 Å². The first kappa shape index (κ1) is 7.07. The van der Waals surface area contributed by atoms with Crippen LogP contribution in [0.15, 0.2) is 0 Å². The fourth-order valence-electron chi connectivity index (χ4n) is 0.511. The Kier molecular flexibility index (Phi) is 1.62. The molecule has 0 radical (unpaired) electrons. The lowest BCUT2D eigenvalue weighted by Gasteiger charge is -2.15. The van der Waals surface area contributed by atoms with Crippen molar-refractivity contribution in [1.29, 1.82) is 0 Å². The number of carbonyl (C=O) groups is 3. The van der Waals surface area contributed by atoms with Gasteiger partial charge in [-0.15, -0.1) is 0 Å². The second-order valence-corrected chi connectivity index (χ2v) is 2.23. The summed E-state index contributed by atoms with van der Waals surface area (Å²) in [5.41, 5.74) is 0. The molecule has 1 aliphatic rings. The van der Waals surface area contributed by atoms with Gasteiger partial charge in [0.25, 0.3) is 0 Å². The van der Waals surface area contributed by atoms with Crippen molar-refractivity contribution in [2.24, 2.45) is 0 Å². The van der Waals surface area contributed by atoms with E-state index in [0.717, 1.165) is 0 Å². The van der Waals surface area contributed by atoms with Gasteiger partial charge < -0.3 is 0 Å². The van der Waals surface area contributed by atoms with Gasteiger partial charge in [-0.3, -0.25) is 20.2 Å². The van der Waals surface area contributed by atoms with Crippen LogP contribution in [0.5, 0.6) is 0 Å². The molecule has 0 aromatic rings. The molecule has 2 N–H and O–H groups in total. The Balaban J connectivity index is 2.76. The highest BCUT2D eigenvalue weighted by Gasteiger charge is 2.30.